The molecule has 2 aliphatic rings. The predicted molar refractivity (Wildman–Crippen MR) is 69.4 cm³/mol. The lowest BCUT2D eigenvalue weighted by molar-refractivity contribution is 0.00620. The van der Waals surface area contributed by atoms with Crippen molar-refractivity contribution in [2.24, 2.45) is 5.92 Å². The molecule has 3 nitrogen and oxygen atoms in total. The zero-order chi connectivity index (χ0) is 12.9. The molecule has 3 atom stereocenters. The smallest absolute Gasteiger partial charge is 0.256 e. The van der Waals surface area contributed by atoms with Crippen LogP contribution in [0.15, 0.2) is 24.3 Å². The molecule has 1 aromatic carbocycles. The standard InChI is InChI=1S/C15H19NO2/c1-9(2)13-8-18-15-10(3)11-6-4-5-7-12(11)14(17)16(13)15/h4-7,9-10,13,15H,8H2,1-3H3/t10-,13-,15-/m1/s1. The maximum Gasteiger partial charge on any atom is 0.256 e. The number of hydrogen-bond donors (Lipinski definition) is 0. The van der Waals surface area contributed by atoms with Crippen LogP contribution in [0, 0.1) is 5.92 Å². The topological polar surface area (TPSA) is 29.5 Å². The number of carbonyl (C=O) groups is 1. The van der Waals surface area contributed by atoms with Crippen molar-refractivity contribution in [3.63, 3.8) is 0 Å². The predicted octanol–water partition coefficient (Wildman–Crippen LogP) is 2.63. The molecule has 1 amide bonds. The van der Waals surface area contributed by atoms with E-state index in [1.807, 2.05) is 29.2 Å². The van der Waals surface area contributed by atoms with Crippen LogP contribution in [0.5, 0.6) is 0 Å². The van der Waals surface area contributed by atoms with Crippen LogP contribution in [0.4, 0.5) is 0 Å². The van der Waals surface area contributed by atoms with E-state index in [0.717, 1.165) is 11.1 Å². The van der Waals surface area contributed by atoms with Gasteiger partial charge in [0.25, 0.3) is 5.91 Å². The molecule has 0 spiro atoms. The molecule has 1 fully saturated rings. The molecule has 0 aliphatic carbocycles. The van der Waals surface area contributed by atoms with Gasteiger partial charge in [0.2, 0.25) is 0 Å². The van der Waals surface area contributed by atoms with Crippen LogP contribution in [0.25, 0.3) is 0 Å². The van der Waals surface area contributed by atoms with E-state index in [1.54, 1.807) is 0 Å². The zero-order valence-corrected chi connectivity index (χ0v) is 11.1. The van der Waals surface area contributed by atoms with Crippen molar-refractivity contribution < 1.29 is 9.53 Å². The molecule has 0 saturated carbocycles. The van der Waals surface area contributed by atoms with Gasteiger partial charge in [-0.15, -0.1) is 0 Å². The van der Waals surface area contributed by atoms with Crippen LogP contribution in [-0.2, 0) is 4.74 Å². The number of rotatable bonds is 1. The SMILES string of the molecule is CC(C)[C@H]1CO[C@@H]2[C@H](C)c3ccccc3C(=O)N12. The van der Waals surface area contributed by atoms with Crippen molar-refractivity contribution in [1.82, 2.24) is 4.90 Å². The zero-order valence-electron chi connectivity index (χ0n) is 11.1. The van der Waals surface area contributed by atoms with Crippen molar-refractivity contribution >= 4 is 5.91 Å². The van der Waals surface area contributed by atoms with Crippen LogP contribution in [0.2, 0.25) is 0 Å². The van der Waals surface area contributed by atoms with Crippen molar-refractivity contribution in [3.8, 4) is 0 Å². The van der Waals surface area contributed by atoms with Gasteiger partial charge in [0.15, 0.2) is 0 Å². The Hall–Kier alpha value is -1.35. The first-order valence-corrected chi connectivity index (χ1v) is 6.64. The highest BCUT2D eigenvalue weighted by molar-refractivity contribution is 5.97. The fourth-order valence-electron chi connectivity index (χ4n) is 3.09. The fraction of sp³-hybridized carbons (Fsp3) is 0.533. The highest BCUT2D eigenvalue weighted by Crippen LogP contribution is 2.39. The molecule has 0 radical (unpaired) electrons. The molecule has 2 heterocycles. The molecule has 0 N–H and O–H groups in total. The molecule has 96 valence electrons. The number of amides is 1. The largest absolute Gasteiger partial charge is 0.355 e. The van der Waals surface area contributed by atoms with Crippen molar-refractivity contribution in [2.75, 3.05) is 6.61 Å². The van der Waals surface area contributed by atoms with Gasteiger partial charge in [0.05, 0.1) is 12.6 Å². The summed E-state index contributed by atoms with van der Waals surface area (Å²) in [6.45, 7) is 7.10. The molecule has 2 aliphatic heterocycles. The number of fused-ring (bicyclic) bond motifs is 2. The molecule has 1 aromatic rings. The van der Waals surface area contributed by atoms with E-state index >= 15 is 0 Å². The van der Waals surface area contributed by atoms with E-state index in [0.29, 0.717) is 12.5 Å². The number of ether oxygens (including phenoxy) is 1. The maximum atomic E-state index is 12.6. The molecule has 1 saturated heterocycles. The maximum absolute atomic E-state index is 12.6. The second-order valence-corrected chi connectivity index (χ2v) is 5.62. The summed E-state index contributed by atoms with van der Waals surface area (Å²) in [5.74, 6) is 0.809. The highest BCUT2D eigenvalue weighted by atomic mass is 16.5. The molecule has 3 heteroatoms. The first kappa shape index (κ1) is 11.7. The third-order valence-corrected chi connectivity index (χ3v) is 4.18. The minimum absolute atomic E-state index is 0.0835. The monoisotopic (exact) mass is 245 g/mol. The molecular formula is C15H19NO2. The number of nitrogens with zero attached hydrogens (tertiary/aromatic N) is 1. The summed E-state index contributed by atoms with van der Waals surface area (Å²) in [4.78, 5) is 14.6. The molecule has 0 aromatic heterocycles. The third kappa shape index (κ3) is 1.50. The Kier molecular flexibility index (Phi) is 2.67. The van der Waals surface area contributed by atoms with Gasteiger partial charge in [-0.1, -0.05) is 39.0 Å². The van der Waals surface area contributed by atoms with E-state index in [-0.39, 0.29) is 24.1 Å². The van der Waals surface area contributed by atoms with Crippen molar-refractivity contribution in [2.45, 2.75) is 39.0 Å². The number of hydrogen-bond acceptors (Lipinski definition) is 2. The Morgan fingerprint density at radius 3 is 2.78 bits per heavy atom. The minimum atomic E-state index is -0.0835. The van der Waals surface area contributed by atoms with E-state index in [9.17, 15) is 4.79 Å². The molecule has 0 unspecified atom stereocenters. The summed E-state index contributed by atoms with van der Waals surface area (Å²) in [6, 6.07) is 8.11. The van der Waals surface area contributed by atoms with Gasteiger partial charge < -0.3 is 9.64 Å². The van der Waals surface area contributed by atoms with Crippen molar-refractivity contribution in [1.29, 1.82) is 0 Å². The molecule has 3 rings (SSSR count). The summed E-state index contributed by atoms with van der Waals surface area (Å²) >= 11 is 0. The summed E-state index contributed by atoms with van der Waals surface area (Å²) in [5, 5.41) is 0. The Morgan fingerprint density at radius 2 is 2.06 bits per heavy atom. The lowest BCUT2D eigenvalue weighted by Crippen LogP contribution is -2.49. The molecule has 0 bridgehead atoms. The molecule has 18 heavy (non-hydrogen) atoms. The lowest BCUT2D eigenvalue weighted by atomic mass is 9.88. The van der Waals surface area contributed by atoms with Crippen molar-refractivity contribution in [3.05, 3.63) is 35.4 Å². The van der Waals surface area contributed by atoms with Gasteiger partial charge in [-0.3, -0.25) is 4.79 Å². The van der Waals surface area contributed by atoms with Gasteiger partial charge in [-0.25, -0.2) is 0 Å². The second-order valence-electron chi connectivity index (χ2n) is 5.62. The normalized spacial score (nSPS) is 30.6. The Balaban J connectivity index is 2.06. The van der Waals surface area contributed by atoms with Crippen LogP contribution in [0.3, 0.4) is 0 Å². The highest BCUT2D eigenvalue weighted by Gasteiger charge is 2.46. The Morgan fingerprint density at radius 1 is 1.33 bits per heavy atom. The summed E-state index contributed by atoms with van der Waals surface area (Å²) in [5.41, 5.74) is 1.96. The summed E-state index contributed by atoms with van der Waals surface area (Å²) in [7, 11) is 0. The second kappa shape index (κ2) is 4.09. The van der Waals surface area contributed by atoms with Crippen LogP contribution in [-0.4, -0.2) is 29.7 Å². The van der Waals surface area contributed by atoms with Gasteiger partial charge in [0.1, 0.15) is 6.23 Å². The van der Waals surface area contributed by atoms with Gasteiger partial charge >= 0.3 is 0 Å². The first-order valence-electron chi connectivity index (χ1n) is 6.64. The number of benzene rings is 1. The lowest BCUT2D eigenvalue weighted by Gasteiger charge is -2.38. The van der Waals surface area contributed by atoms with Crippen LogP contribution < -0.4 is 0 Å². The number of carbonyl (C=O) groups excluding carboxylic acids is 1. The van der Waals surface area contributed by atoms with E-state index in [1.165, 1.54) is 0 Å². The first-order chi connectivity index (χ1) is 8.61. The van der Waals surface area contributed by atoms with E-state index < -0.39 is 0 Å². The van der Waals surface area contributed by atoms with Gasteiger partial charge in [-0.2, -0.15) is 0 Å². The Bertz CT molecular complexity index is 483. The Labute approximate surface area is 108 Å². The van der Waals surface area contributed by atoms with E-state index in [4.69, 9.17) is 4.74 Å². The molecular weight excluding hydrogens is 226 g/mol. The van der Waals surface area contributed by atoms with Crippen LogP contribution in [0.1, 0.15) is 42.6 Å². The minimum Gasteiger partial charge on any atom is -0.355 e. The van der Waals surface area contributed by atoms with E-state index in [2.05, 4.69) is 20.8 Å². The fourth-order valence-corrected chi connectivity index (χ4v) is 3.09. The average Bonchev–Trinajstić information content (AvgIpc) is 2.81. The van der Waals surface area contributed by atoms with Gasteiger partial charge in [-0.05, 0) is 17.5 Å². The quantitative estimate of drug-likeness (QED) is 0.761. The van der Waals surface area contributed by atoms with Gasteiger partial charge in [0, 0.05) is 11.5 Å². The van der Waals surface area contributed by atoms with Crippen LogP contribution >= 0.6 is 0 Å². The average molecular weight is 245 g/mol. The third-order valence-electron chi connectivity index (χ3n) is 4.18. The summed E-state index contributed by atoms with van der Waals surface area (Å²) < 4.78 is 5.88. The summed E-state index contributed by atoms with van der Waals surface area (Å²) in [6.07, 6.45) is -0.0835.